The standard InChI is InChI=1S/C17H28N4OS2.HI/c1-4-18-16(21-10-12-24-17(2,3)13-21)20-9-6-8-19-15(22)14-7-5-11-23-14;/h5,7,11H,4,6,8-10,12-13H2,1-3H3,(H,18,20)(H,19,22);1H. The lowest BCUT2D eigenvalue weighted by molar-refractivity contribution is 0.0957. The monoisotopic (exact) mass is 496 g/mol. The minimum Gasteiger partial charge on any atom is -0.357 e. The molecular weight excluding hydrogens is 467 g/mol. The van der Waals surface area contributed by atoms with Crippen LogP contribution in [0.4, 0.5) is 0 Å². The molecule has 1 aromatic heterocycles. The average Bonchev–Trinajstić information content (AvgIpc) is 3.07. The summed E-state index contributed by atoms with van der Waals surface area (Å²) in [5, 5.41) is 8.26. The van der Waals surface area contributed by atoms with E-state index in [-0.39, 0.29) is 34.6 Å². The van der Waals surface area contributed by atoms with Crippen LogP contribution in [-0.2, 0) is 0 Å². The van der Waals surface area contributed by atoms with Gasteiger partial charge in [0.05, 0.1) is 4.88 Å². The van der Waals surface area contributed by atoms with Crippen molar-refractivity contribution >= 4 is 58.9 Å². The zero-order chi connectivity index (χ0) is 17.4. The number of thiophene rings is 1. The molecule has 0 saturated carbocycles. The molecular formula is C17H29IN4OS2. The van der Waals surface area contributed by atoms with Crippen molar-refractivity contribution < 1.29 is 4.79 Å². The van der Waals surface area contributed by atoms with Crippen molar-refractivity contribution in [3.63, 3.8) is 0 Å². The van der Waals surface area contributed by atoms with E-state index in [1.165, 1.54) is 11.3 Å². The SMILES string of the molecule is CCNC(=NCCCNC(=O)c1cccs1)N1CCSC(C)(C)C1.I. The molecule has 1 aromatic rings. The van der Waals surface area contributed by atoms with Gasteiger partial charge >= 0.3 is 0 Å². The van der Waals surface area contributed by atoms with Crippen molar-refractivity contribution in [1.82, 2.24) is 15.5 Å². The van der Waals surface area contributed by atoms with E-state index in [1.54, 1.807) is 0 Å². The Morgan fingerprint density at radius 3 is 2.84 bits per heavy atom. The maximum Gasteiger partial charge on any atom is 0.261 e. The number of rotatable bonds is 6. The van der Waals surface area contributed by atoms with Crippen molar-refractivity contribution in [2.24, 2.45) is 4.99 Å². The van der Waals surface area contributed by atoms with Gasteiger partial charge in [-0.05, 0) is 38.6 Å². The number of guanidine groups is 1. The Hall–Kier alpha value is -0.480. The van der Waals surface area contributed by atoms with E-state index in [1.807, 2.05) is 29.3 Å². The normalized spacial score (nSPS) is 16.9. The highest BCUT2D eigenvalue weighted by Gasteiger charge is 2.28. The van der Waals surface area contributed by atoms with Gasteiger partial charge in [0.25, 0.3) is 5.91 Å². The molecule has 2 heterocycles. The first kappa shape index (κ1) is 22.6. The van der Waals surface area contributed by atoms with Crippen LogP contribution < -0.4 is 10.6 Å². The minimum atomic E-state index is 0. The highest BCUT2D eigenvalue weighted by Crippen LogP contribution is 2.29. The van der Waals surface area contributed by atoms with Crippen LogP contribution in [0, 0.1) is 0 Å². The Morgan fingerprint density at radius 1 is 1.40 bits per heavy atom. The molecule has 0 radical (unpaired) electrons. The smallest absolute Gasteiger partial charge is 0.261 e. The number of hydrogen-bond acceptors (Lipinski definition) is 4. The van der Waals surface area contributed by atoms with Gasteiger partial charge in [-0.3, -0.25) is 9.79 Å². The largest absolute Gasteiger partial charge is 0.357 e. The minimum absolute atomic E-state index is 0. The van der Waals surface area contributed by atoms with Crippen LogP contribution in [0.1, 0.15) is 36.9 Å². The maximum atomic E-state index is 11.9. The summed E-state index contributed by atoms with van der Waals surface area (Å²) in [5.41, 5.74) is 0. The van der Waals surface area contributed by atoms with E-state index in [0.29, 0.717) is 6.54 Å². The zero-order valence-electron chi connectivity index (χ0n) is 15.2. The fourth-order valence-corrected chi connectivity index (χ4v) is 4.34. The van der Waals surface area contributed by atoms with Crippen LogP contribution in [-0.4, -0.2) is 60.0 Å². The molecule has 0 aromatic carbocycles. The molecule has 1 amide bonds. The molecule has 0 bridgehead atoms. The van der Waals surface area contributed by atoms with Gasteiger partial charge in [0.1, 0.15) is 0 Å². The molecule has 0 unspecified atom stereocenters. The molecule has 2 rings (SSSR count). The second kappa shape index (κ2) is 11.3. The van der Waals surface area contributed by atoms with Crippen LogP contribution >= 0.6 is 47.1 Å². The first-order valence-corrected chi connectivity index (χ1v) is 10.4. The maximum absolute atomic E-state index is 11.9. The summed E-state index contributed by atoms with van der Waals surface area (Å²) >= 11 is 3.49. The van der Waals surface area contributed by atoms with Crippen LogP contribution in [0.5, 0.6) is 0 Å². The first-order chi connectivity index (χ1) is 11.5. The first-order valence-electron chi connectivity index (χ1n) is 8.51. The van der Waals surface area contributed by atoms with Crippen molar-refractivity contribution in [1.29, 1.82) is 0 Å². The molecule has 0 atom stereocenters. The lowest BCUT2D eigenvalue weighted by Gasteiger charge is -2.39. The van der Waals surface area contributed by atoms with Crippen molar-refractivity contribution in [3.8, 4) is 0 Å². The van der Waals surface area contributed by atoms with E-state index in [4.69, 9.17) is 4.99 Å². The number of carbonyl (C=O) groups excluding carboxylic acids is 1. The number of thioether (sulfide) groups is 1. The summed E-state index contributed by atoms with van der Waals surface area (Å²) in [4.78, 5) is 19.7. The second-order valence-corrected chi connectivity index (χ2v) is 9.10. The van der Waals surface area contributed by atoms with Gasteiger partial charge in [-0.1, -0.05) is 6.07 Å². The zero-order valence-corrected chi connectivity index (χ0v) is 19.2. The summed E-state index contributed by atoms with van der Waals surface area (Å²) < 4.78 is 0.267. The Kier molecular flexibility index (Phi) is 10.2. The lowest BCUT2D eigenvalue weighted by Crippen LogP contribution is -2.51. The summed E-state index contributed by atoms with van der Waals surface area (Å²) in [5.74, 6) is 2.14. The molecule has 2 N–H and O–H groups in total. The molecule has 1 aliphatic rings. The van der Waals surface area contributed by atoms with E-state index < -0.39 is 0 Å². The molecule has 5 nitrogen and oxygen atoms in total. The summed E-state index contributed by atoms with van der Waals surface area (Å²) in [6.45, 7) is 11.0. The quantitative estimate of drug-likeness (QED) is 0.275. The highest BCUT2D eigenvalue weighted by atomic mass is 127. The van der Waals surface area contributed by atoms with Crippen molar-refractivity contribution in [2.75, 3.05) is 38.5 Å². The highest BCUT2D eigenvalue weighted by molar-refractivity contribution is 14.0. The number of halogens is 1. The van der Waals surface area contributed by atoms with E-state index in [0.717, 1.165) is 49.2 Å². The Balaban J connectivity index is 0.00000312. The fraction of sp³-hybridized carbons (Fsp3) is 0.647. The lowest BCUT2D eigenvalue weighted by atomic mass is 10.2. The second-order valence-electron chi connectivity index (χ2n) is 6.35. The molecule has 8 heteroatoms. The van der Waals surface area contributed by atoms with Gasteiger partial charge < -0.3 is 15.5 Å². The van der Waals surface area contributed by atoms with Gasteiger partial charge in [-0.15, -0.1) is 35.3 Å². The van der Waals surface area contributed by atoms with Gasteiger partial charge in [-0.25, -0.2) is 0 Å². The van der Waals surface area contributed by atoms with Crippen LogP contribution in [0.2, 0.25) is 0 Å². The van der Waals surface area contributed by atoms with Gasteiger partial charge in [0.2, 0.25) is 0 Å². The third kappa shape index (κ3) is 7.74. The molecule has 1 fully saturated rings. The van der Waals surface area contributed by atoms with Crippen LogP contribution in [0.15, 0.2) is 22.5 Å². The molecule has 1 aliphatic heterocycles. The summed E-state index contributed by atoms with van der Waals surface area (Å²) in [7, 11) is 0. The molecule has 142 valence electrons. The number of carbonyl (C=O) groups is 1. The number of amides is 1. The van der Waals surface area contributed by atoms with Gasteiger partial charge in [0, 0.05) is 43.2 Å². The predicted octanol–water partition coefficient (Wildman–Crippen LogP) is 3.28. The molecule has 1 saturated heterocycles. The van der Waals surface area contributed by atoms with E-state index in [9.17, 15) is 4.79 Å². The summed E-state index contributed by atoms with van der Waals surface area (Å²) in [6, 6.07) is 3.74. The Morgan fingerprint density at radius 2 is 2.20 bits per heavy atom. The number of nitrogens with zero attached hydrogens (tertiary/aromatic N) is 2. The third-order valence-electron chi connectivity index (χ3n) is 3.69. The van der Waals surface area contributed by atoms with E-state index in [2.05, 4.69) is 36.3 Å². The molecule has 0 spiro atoms. The van der Waals surface area contributed by atoms with Crippen molar-refractivity contribution in [2.45, 2.75) is 31.9 Å². The molecule has 25 heavy (non-hydrogen) atoms. The molecule has 0 aliphatic carbocycles. The average molecular weight is 496 g/mol. The Labute approximate surface area is 176 Å². The topological polar surface area (TPSA) is 56.7 Å². The van der Waals surface area contributed by atoms with E-state index >= 15 is 0 Å². The number of aliphatic imine (C=N–C) groups is 1. The van der Waals surface area contributed by atoms with Gasteiger partial charge in [0.15, 0.2) is 5.96 Å². The van der Waals surface area contributed by atoms with Crippen molar-refractivity contribution in [3.05, 3.63) is 22.4 Å². The number of nitrogens with one attached hydrogen (secondary N) is 2. The predicted molar refractivity (Wildman–Crippen MR) is 121 cm³/mol. The van der Waals surface area contributed by atoms with Crippen LogP contribution in [0.3, 0.4) is 0 Å². The summed E-state index contributed by atoms with van der Waals surface area (Å²) in [6.07, 6.45) is 0.845. The van der Waals surface area contributed by atoms with Gasteiger partial charge in [-0.2, -0.15) is 11.8 Å². The number of hydrogen-bond donors (Lipinski definition) is 2. The fourth-order valence-electron chi connectivity index (χ4n) is 2.58. The third-order valence-corrected chi connectivity index (χ3v) is 5.85. The Bertz CT molecular complexity index is 549. The van der Waals surface area contributed by atoms with Crippen LogP contribution in [0.25, 0.3) is 0 Å².